The number of unbranched alkanes of at least 4 members (excludes halogenated alkanes) is 2. The van der Waals surface area contributed by atoms with Crippen LogP contribution in [0.2, 0.25) is 0 Å². The van der Waals surface area contributed by atoms with Crippen molar-refractivity contribution < 1.29 is 4.74 Å². The van der Waals surface area contributed by atoms with Gasteiger partial charge in [0.2, 0.25) is 0 Å². The smallest absolute Gasteiger partial charge is 0.119 e. The summed E-state index contributed by atoms with van der Waals surface area (Å²) < 4.78 is 5.70. The second-order valence-electron chi connectivity index (χ2n) is 5.40. The summed E-state index contributed by atoms with van der Waals surface area (Å²) in [6.07, 6.45) is 9.68. The average molecular weight is 294 g/mol. The van der Waals surface area contributed by atoms with E-state index in [1.54, 1.807) is 12.2 Å². The van der Waals surface area contributed by atoms with Gasteiger partial charge in [-0.25, -0.2) is 0 Å². The van der Waals surface area contributed by atoms with Gasteiger partial charge in [0.25, 0.3) is 0 Å². The maximum atomic E-state index is 9.16. The van der Waals surface area contributed by atoms with Gasteiger partial charge in [0.1, 0.15) is 5.75 Å². The molecule has 3 nitrogen and oxygen atoms in total. The lowest BCUT2D eigenvalue weighted by Gasteiger charge is -2.11. The van der Waals surface area contributed by atoms with E-state index in [4.69, 9.17) is 15.7 Å². The first kappa shape index (κ1) is 15.9. The molecule has 3 heteroatoms. The van der Waals surface area contributed by atoms with Crippen LogP contribution in [-0.2, 0) is 0 Å². The SMILES string of the molecule is CCCCCOc1ccc(C=C2CC(N)=CC=C2C#N)cc1. The second-order valence-corrected chi connectivity index (χ2v) is 5.40. The molecule has 22 heavy (non-hydrogen) atoms. The van der Waals surface area contributed by atoms with Crippen LogP contribution in [0.15, 0.2) is 53.3 Å². The fraction of sp³-hybridized carbons (Fsp3) is 0.316. The van der Waals surface area contributed by atoms with Crippen LogP contribution >= 0.6 is 0 Å². The number of hydrogen-bond donors (Lipinski definition) is 1. The van der Waals surface area contributed by atoms with Crippen LogP contribution in [0.25, 0.3) is 6.08 Å². The molecule has 114 valence electrons. The van der Waals surface area contributed by atoms with Gasteiger partial charge in [0.05, 0.1) is 18.2 Å². The van der Waals surface area contributed by atoms with Gasteiger partial charge < -0.3 is 10.5 Å². The molecule has 0 radical (unpaired) electrons. The van der Waals surface area contributed by atoms with Crippen molar-refractivity contribution in [1.29, 1.82) is 5.26 Å². The van der Waals surface area contributed by atoms with Crippen molar-refractivity contribution in [2.45, 2.75) is 32.6 Å². The molecule has 1 aromatic rings. The highest BCUT2D eigenvalue weighted by molar-refractivity contribution is 5.64. The lowest BCUT2D eigenvalue weighted by atomic mass is 9.95. The number of nitrogens with zero attached hydrogens (tertiary/aromatic N) is 1. The van der Waals surface area contributed by atoms with Crippen LogP contribution < -0.4 is 10.5 Å². The number of ether oxygens (including phenoxy) is 1. The summed E-state index contributed by atoms with van der Waals surface area (Å²) in [7, 11) is 0. The third kappa shape index (κ3) is 4.53. The van der Waals surface area contributed by atoms with Crippen molar-refractivity contribution in [1.82, 2.24) is 0 Å². The Morgan fingerprint density at radius 2 is 2.00 bits per heavy atom. The zero-order valence-electron chi connectivity index (χ0n) is 13.0. The monoisotopic (exact) mass is 294 g/mol. The lowest BCUT2D eigenvalue weighted by Crippen LogP contribution is -2.04. The Morgan fingerprint density at radius 3 is 2.68 bits per heavy atom. The maximum absolute atomic E-state index is 9.16. The molecule has 0 aliphatic heterocycles. The molecular formula is C19H22N2O. The van der Waals surface area contributed by atoms with Crippen LogP contribution in [-0.4, -0.2) is 6.61 Å². The van der Waals surface area contributed by atoms with Crippen molar-refractivity contribution in [3.8, 4) is 11.8 Å². The Morgan fingerprint density at radius 1 is 1.23 bits per heavy atom. The van der Waals surface area contributed by atoms with E-state index < -0.39 is 0 Å². The first-order valence-corrected chi connectivity index (χ1v) is 7.73. The summed E-state index contributed by atoms with van der Waals surface area (Å²) >= 11 is 0. The van der Waals surface area contributed by atoms with Crippen molar-refractivity contribution in [3.05, 3.63) is 58.8 Å². The number of allylic oxidation sites excluding steroid dienone is 4. The van der Waals surface area contributed by atoms with Gasteiger partial charge in [0, 0.05) is 12.1 Å². The fourth-order valence-corrected chi connectivity index (χ4v) is 2.31. The Labute approximate surface area is 132 Å². The van der Waals surface area contributed by atoms with Gasteiger partial charge >= 0.3 is 0 Å². The predicted octanol–water partition coefficient (Wildman–Crippen LogP) is 4.34. The molecule has 0 unspecified atom stereocenters. The molecule has 0 saturated carbocycles. The fourth-order valence-electron chi connectivity index (χ4n) is 2.31. The van der Waals surface area contributed by atoms with Crippen LogP contribution in [0.4, 0.5) is 0 Å². The first-order valence-electron chi connectivity index (χ1n) is 7.73. The van der Waals surface area contributed by atoms with Gasteiger partial charge in [-0.2, -0.15) is 5.26 Å². The van der Waals surface area contributed by atoms with Crippen molar-refractivity contribution in [3.63, 3.8) is 0 Å². The first-order chi connectivity index (χ1) is 10.7. The van der Waals surface area contributed by atoms with E-state index in [1.807, 2.05) is 30.3 Å². The van der Waals surface area contributed by atoms with Crippen molar-refractivity contribution >= 4 is 6.08 Å². The standard InChI is InChI=1S/C19H22N2O/c1-2-3-4-11-22-19-9-5-15(6-10-19)12-17-13-18(21)8-7-16(17)14-20/h5-10,12H,2-4,11,13,21H2,1H3. The molecule has 2 N–H and O–H groups in total. The third-order valence-corrected chi connectivity index (χ3v) is 3.56. The second kappa shape index (κ2) is 8.09. The van der Waals surface area contributed by atoms with E-state index in [2.05, 4.69) is 13.0 Å². The molecular weight excluding hydrogens is 272 g/mol. The minimum Gasteiger partial charge on any atom is -0.494 e. The molecule has 0 atom stereocenters. The zero-order valence-corrected chi connectivity index (χ0v) is 13.0. The molecule has 0 amide bonds. The summed E-state index contributed by atoms with van der Waals surface area (Å²) in [5, 5.41) is 9.16. The molecule has 0 bridgehead atoms. The summed E-state index contributed by atoms with van der Waals surface area (Å²) in [5.41, 5.74) is 9.30. The van der Waals surface area contributed by atoms with Gasteiger partial charge in [-0.15, -0.1) is 0 Å². The zero-order chi connectivity index (χ0) is 15.8. The van der Waals surface area contributed by atoms with Crippen LogP contribution in [0.5, 0.6) is 5.75 Å². The van der Waals surface area contributed by atoms with E-state index in [0.29, 0.717) is 12.0 Å². The highest BCUT2D eigenvalue weighted by Gasteiger charge is 2.10. The highest BCUT2D eigenvalue weighted by atomic mass is 16.5. The average Bonchev–Trinajstić information content (AvgIpc) is 2.53. The quantitative estimate of drug-likeness (QED) is 0.794. The molecule has 1 aromatic carbocycles. The van der Waals surface area contributed by atoms with Crippen LogP contribution in [0, 0.1) is 11.3 Å². The lowest BCUT2D eigenvalue weighted by molar-refractivity contribution is 0.306. The van der Waals surface area contributed by atoms with Gasteiger partial charge in [-0.1, -0.05) is 38.0 Å². The third-order valence-electron chi connectivity index (χ3n) is 3.56. The minimum atomic E-state index is 0.620. The Hall–Kier alpha value is -2.47. The molecule has 2 rings (SSSR count). The number of nitrogens with two attached hydrogens (primary N) is 1. The summed E-state index contributed by atoms with van der Waals surface area (Å²) in [5.74, 6) is 0.886. The molecule has 1 aliphatic carbocycles. The van der Waals surface area contributed by atoms with E-state index in [9.17, 15) is 0 Å². The van der Waals surface area contributed by atoms with E-state index in [-0.39, 0.29) is 0 Å². The topological polar surface area (TPSA) is 59.0 Å². The van der Waals surface area contributed by atoms with Gasteiger partial charge in [-0.05, 0) is 41.8 Å². The molecule has 0 fully saturated rings. The largest absolute Gasteiger partial charge is 0.494 e. The molecule has 0 heterocycles. The number of benzene rings is 1. The van der Waals surface area contributed by atoms with Crippen LogP contribution in [0.1, 0.15) is 38.2 Å². The normalized spacial score (nSPS) is 15.9. The number of rotatable bonds is 6. The Kier molecular flexibility index (Phi) is 5.85. The maximum Gasteiger partial charge on any atom is 0.119 e. The molecule has 0 saturated heterocycles. The van der Waals surface area contributed by atoms with Crippen molar-refractivity contribution in [2.75, 3.05) is 6.61 Å². The van der Waals surface area contributed by atoms with E-state index in [0.717, 1.165) is 35.6 Å². The number of nitriles is 1. The molecule has 0 aromatic heterocycles. The Balaban J connectivity index is 2.02. The summed E-state index contributed by atoms with van der Waals surface area (Å²) in [4.78, 5) is 0. The molecule has 0 spiro atoms. The van der Waals surface area contributed by atoms with Gasteiger partial charge in [0.15, 0.2) is 0 Å². The highest BCUT2D eigenvalue weighted by Crippen LogP contribution is 2.25. The minimum absolute atomic E-state index is 0.620. The van der Waals surface area contributed by atoms with E-state index in [1.165, 1.54) is 12.8 Å². The van der Waals surface area contributed by atoms with Crippen molar-refractivity contribution in [2.24, 2.45) is 5.73 Å². The summed E-state index contributed by atoms with van der Waals surface area (Å²) in [6.45, 7) is 2.94. The van der Waals surface area contributed by atoms with Crippen LogP contribution in [0.3, 0.4) is 0 Å². The summed E-state index contributed by atoms with van der Waals surface area (Å²) in [6, 6.07) is 10.2. The Bertz CT molecular complexity index is 630. The van der Waals surface area contributed by atoms with E-state index >= 15 is 0 Å². The predicted molar refractivity (Wildman–Crippen MR) is 90.0 cm³/mol. The number of hydrogen-bond acceptors (Lipinski definition) is 3. The molecule has 1 aliphatic rings. The van der Waals surface area contributed by atoms with Gasteiger partial charge in [-0.3, -0.25) is 0 Å².